The van der Waals surface area contributed by atoms with Gasteiger partial charge in [-0.05, 0) is 41.9 Å². The SMILES string of the molecule is O=[N+]([O-])c1ccc2c(c1)C(C1CCCC1)=CNCC2. The first-order valence-electron chi connectivity index (χ1n) is 6.97. The van der Waals surface area contributed by atoms with E-state index in [9.17, 15) is 10.1 Å². The predicted octanol–water partition coefficient (Wildman–Crippen LogP) is 3.27. The minimum atomic E-state index is -0.301. The molecule has 1 N–H and O–H groups in total. The summed E-state index contributed by atoms with van der Waals surface area (Å²) in [5, 5.41) is 14.3. The molecule has 0 amide bonds. The Kier molecular flexibility index (Phi) is 3.23. The number of nitro groups is 1. The molecule has 4 nitrogen and oxygen atoms in total. The van der Waals surface area contributed by atoms with Crippen molar-refractivity contribution in [1.29, 1.82) is 0 Å². The Bertz CT molecular complexity index is 531. The van der Waals surface area contributed by atoms with Crippen LogP contribution in [-0.2, 0) is 6.42 Å². The number of allylic oxidation sites excluding steroid dienone is 1. The summed E-state index contributed by atoms with van der Waals surface area (Å²) in [4.78, 5) is 10.7. The van der Waals surface area contributed by atoms with E-state index in [0.29, 0.717) is 5.92 Å². The maximum Gasteiger partial charge on any atom is 0.270 e. The fraction of sp³-hybridized carbons (Fsp3) is 0.467. The van der Waals surface area contributed by atoms with Crippen LogP contribution in [0.25, 0.3) is 5.57 Å². The highest BCUT2D eigenvalue weighted by molar-refractivity contribution is 5.72. The third-order valence-electron chi connectivity index (χ3n) is 4.21. The molecular formula is C15H18N2O2. The van der Waals surface area contributed by atoms with Crippen LogP contribution in [-0.4, -0.2) is 11.5 Å². The summed E-state index contributed by atoms with van der Waals surface area (Å²) in [6.07, 6.45) is 7.97. The van der Waals surface area contributed by atoms with E-state index in [-0.39, 0.29) is 10.6 Å². The quantitative estimate of drug-likeness (QED) is 0.654. The Morgan fingerprint density at radius 3 is 2.79 bits per heavy atom. The van der Waals surface area contributed by atoms with Crippen molar-refractivity contribution in [3.05, 3.63) is 45.6 Å². The van der Waals surface area contributed by atoms with Crippen molar-refractivity contribution < 1.29 is 4.92 Å². The Morgan fingerprint density at radius 1 is 1.26 bits per heavy atom. The van der Waals surface area contributed by atoms with Gasteiger partial charge in [0.15, 0.2) is 0 Å². The van der Waals surface area contributed by atoms with Crippen LogP contribution in [0.5, 0.6) is 0 Å². The summed E-state index contributed by atoms with van der Waals surface area (Å²) in [6.45, 7) is 0.904. The Labute approximate surface area is 112 Å². The van der Waals surface area contributed by atoms with Crippen molar-refractivity contribution in [3.8, 4) is 0 Å². The van der Waals surface area contributed by atoms with Gasteiger partial charge in [-0.15, -0.1) is 0 Å². The van der Waals surface area contributed by atoms with E-state index < -0.39 is 0 Å². The number of fused-ring (bicyclic) bond motifs is 1. The van der Waals surface area contributed by atoms with E-state index in [0.717, 1.165) is 18.5 Å². The summed E-state index contributed by atoms with van der Waals surface area (Å²) < 4.78 is 0. The van der Waals surface area contributed by atoms with Crippen molar-refractivity contribution in [2.24, 2.45) is 5.92 Å². The molecule has 0 aromatic heterocycles. The predicted molar refractivity (Wildman–Crippen MR) is 74.7 cm³/mol. The lowest BCUT2D eigenvalue weighted by Gasteiger charge is -2.16. The average Bonchev–Trinajstić information content (AvgIpc) is 2.85. The van der Waals surface area contributed by atoms with Gasteiger partial charge in [0, 0.05) is 24.9 Å². The van der Waals surface area contributed by atoms with Gasteiger partial charge in [-0.25, -0.2) is 0 Å². The van der Waals surface area contributed by atoms with Crippen LogP contribution < -0.4 is 5.32 Å². The normalized spacial score (nSPS) is 19.3. The third kappa shape index (κ3) is 2.35. The molecule has 1 aliphatic heterocycles. The van der Waals surface area contributed by atoms with Gasteiger partial charge >= 0.3 is 0 Å². The molecule has 1 aromatic rings. The molecular weight excluding hydrogens is 240 g/mol. The molecule has 1 aromatic carbocycles. The standard InChI is InChI=1S/C15H18N2O2/c18-17(19)13-6-5-12-7-8-16-10-15(14(12)9-13)11-3-1-2-4-11/h5-6,9-11,16H,1-4,7-8H2. The van der Waals surface area contributed by atoms with E-state index in [4.69, 9.17) is 0 Å². The lowest BCUT2D eigenvalue weighted by atomic mass is 9.88. The molecule has 0 atom stereocenters. The fourth-order valence-electron chi connectivity index (χ4n) is 3.21. The minimum Gasteiger partial charge on any atom is -0.390 e. The molecule has 0 bridgehead atoms. The fourth-order valence-corrected chi connectivity index (χ4v) is 3.21. The lowest BCUT2D eigenvalue weighted by molar-refractivity contribution is -0.384. The van der Waals surface area contributed by atoms with Gasteiger partial charge in [-0.2, -0.15) is 0 Å². The highest BCUT2D eigenvalue weighted by atomic mass is 16.6. The number of non-ortho nitro benzene ring substituents is 1. The highest BCUT2D eigenvalue weighted by Crippen LogP contribution is 2.39. The Morgan fingerprint density at radius 2 is 2.05 bits per heavy atom. The van der Waals surface area contributed by atoms with E-state index in [1.807, 2.05) is 6.07 Å². The molecule has 0 spiro atoms. The van der Waals surface area contributed by atoms with Crippen LogP contribution in [0.1, 0.15) is 36.8 Å². The van der Waals surface area contributed by atoms with Crippen LogP contribution in [0.3, 0.4) is 0 Å². The minimum absolute atomic E-state index is 0.199. The summed E-state index contributed by atoms with van der Waals surface area (Å²) in [7, 11) is 0. The van der Waals surface area contributed by atoms with Gasteiger partial charge in [-0.3, -0.25) is 10.1 Å². The number of rotatable bonds is 2. The second-order valence-electron chi connectivity index (χ2n) is 5.38. The molecule has 3 rings (SSSR count). The summed E-state index contributed by atoms with van der Waals surface area (Å²) >= 11 is 0. The van der Waals surface area contributed by atoms with E-state index in [1.165, 1.54) is 36.8 Å². The maximum atomic E-state index is 11.0. The van der Waals surface area contributed by atoms with Gasteiger partial charge < -0.3 is 5.32 Å². The first kappa shape index (κ1) is 12.2. The van der Waals surface area contributed by atoms with Gasteiger partial charge in [0.1, 0.15) is 0 Å². The number of benzene rings is 1. The number of hydrogen-bond acceptors (Lipinski definition) is 3. The molecule has 0 unspecified atom stereocenters. The molecule has 19 heavy (non-hydrogen) atoms. The largest absolute Gasteiger partial charge is 0.390 e. The van der Waals surface area contributed by atoms with Crippen molar-refractivity contribution in [2.45, 2.75) is 32.1 Å². The molecule has 0 saturated heterocycles. The van der Waals surface area contributed by atoms with Crippen LogP contribution in [0.2, 0.25) is 0 Å². The first-order valence-corrected chi connectivity index (χ1v) is 6.97. The van der Waals surface area contributed by atoms with Crippen LogP contribution in [0.15, 0.2) is 24.4 Å². The summed E-state index contributed by atoms with van der Waals surface area (Å²) in [5.41, 5.74) is 3.79. The van der Waals surface area contributed by atoms with Crippen molar-refractivity contribution in [2.75, 3.05) is 6.54 Å². The first-order chi connectivity index (χ1) is 9.25. The number of nitrogens with one attached hydrogen (secondary N) is 1. The second kappa shape index (κ2) is 5.03. The number of hydrogen-bond donors (Lipinski definition) is 1. The average molecular weight is 258 g/mol. The zero-order valence-corrected chi connectivity index (χ0v) is 10.9. The maximum absolute atomic E-state index is 11.0. The number of nitrogens with zero attached hydrogens (tertiary/aromatic N) is 1. The lowest BCUT2D eigenvalue weighted by Crippen LogP contribution is -2.08. The zero-order valence-electron chi connectivity index (χ0n) is 10.9. The van der Waals surface area contributed by atoms with Crippen molar-refractivity contribution >= 4 is 11.3 Å². The zero-order chi connectivity index (χ0) is 13.2. The van der Waals surface area contributed by atoms with E-state index >= 15 is 0 Å². The molecule has 1 fully saturated rings. The molecule has 2 aliphatic rings. The molecule has 1 aliphatic carbocycles. The Balaban J connectivity index is 2.05. The second-order valence-corrected chi connectivity index (χ2v) is 5.38. The van der Waals surface area contributed by atoms with Gasteiger partial charge in [0.2, 0.25) is 0 Å². The topological polar surface area (TPSA) is 55.2 Å². The van der Waals surface area contributed by atoms with Crippen molar-refractivity contribution in [1.82, 2.24) is 5.32 Å². The summed E-state index contributed by atoms with van der Waals surface area (Å²) in [6, 6.07) is 5.30. The smallest absolute Gasteiger partial charge is 0.270 e. The molecule has 0 radical (unpaired) electrons. The van der Waals surface area contributed by atoms with Gasteiger partial charge in [0.05, 0.1) is 4.92 Å². The Hall–Kier alpha value is -1.84. The van der Waals surface area contributed by atoms with Crippen LogP contribution in [0.4, 0.5) is 5.69 Å². The summed E-state index contributed by atoms with van der Waals surface area (Å²) in [5.74, 6) is 0.561. The van der Waals surface area contributed by atoms with Crippen molar-refractivity contribution in [3.63, 3.8) is 0 Å². The molecule has 100 valence electrons. The van der Waals surface area contributed by atoms with E-state index in [2.05, 4.69) is 11.5 Å². The van der Waals surface area contributed by atoms with Crippen LogP contribution >= 0.6 is 0 Å². The molecule has 4 heteroatoms. The van der Waals surface area contributed by atoms with Crippen LogP contribution in [0, 0.1) is 16.0 Å². The third-order valence-corrected chi connectivity index (χ3v) is 4.21. The highest BCUT2D eigenvalue weighted by Gasteiger charge is 2.24. The molecule has 1 heterocycles. The molecule has 1 saturated carbocycles. The van der Waals surface area contributed by atoms with E-state index in [1.54, 1.807) is 12.1 Å². The monoisotopic (exact) mass is 258 g/mol. The van der Waals surface area contributed by atoms with Gasteiger partial charge in [0.25, 0.3) is 5.69 Å². The van der Waals surface area contributed by atoms with Gasteiger partial charge in [-0.1, -0.05) is 18.9 Å². The number of nitro benzene ring substituents is 1.